The Morgan fingerprint density at radius 2 is 2.50 bits per heavy atom. The number of hydrazine groups is 1. The molecular weight excluding hydrogens is 263 g/mol. The molecule has 0 aromatic carbocycles. The average molecular weight is 284 g/mol. The zero-order chi connectivity index (χ0) is 14.5. The molecule has 2 unspecified atom stereocenters. The second-order valence-electron chi connectivity index (χ2n) is 4.77. The van der Waals surface area contributed by atoms with Crippen LogP contribution in [-0.2, 0) is 4.74 Å². The molecule has 1 fully saturated rings. The zero-order valence-electron chi connectivity index (χ0n) is 11.8. The summed E-state index contributed by atoms with van der Waals surface area (Å²) in [5.74, 6) is 5.10. The van der Waals surface area contributed by atoms with Gasteiger partial charge in [0.15, 0.2) is 5.82 Å². The van der Waals surface area contributed by atoms with Crippen molar-refractivity contribution in [3.05, 3.63) is 23.6 Å². The summed E-state index contributed by atoms with van der Waals surface area (Å²) < 4.78 is 25.3. The maximum absolute atomic E-state index is 14.4. The molecule has 0 aliphatic carbocycles. The van der Waals surface area contributed by atoms with Crippen molar-refractivity contribution >= 4 is 0 Å². The third-order valence-corrected chi connectivity index (χ3v) is 3.35. The van der Waals surface area contributed by atoms with E-state index in [4.69, 9.17) is 15.3 Å². The zero-order valence-corrected chi connectivity index (χ0v) is 11.8. The van der Waals surface area contributed by atoms with Crippen LogP contribution in [0.25, 0.3) is 0 Å². The molecule has 0 amide bonds. The van der Waals surface area contributed by atoms with E-state index < -0.39 is 11.9 Å². The van der Waals surface area contributed by atoms with Crippen LogP contribution in [0.4, 0.5) is 4.39 Å². The van der Waals surface area contributed by atoms with Gasteiger partial charge in [0.05, 0.1) is 25.4 Å². The first-order valence-corrected chi connectivity index (χ1v) is 6.70. The Morgan fingerprint density at radius 1 is 1.70 bits per heavy atom. The molecule has 0 saturated carbocycles. The van der Waals surface area contributed by atoms with Gasteiger partial charge in [-0.2, -0.15) is 0 Å². The lowest BCUT2D eigenvalue weighted by Gasteiger charge is -2.35. The molecule has 0 radical (unpaired) electrons. The van der Waals surface area contributed by atoms with E-state index in [1.807, 2.05) is 7.05 Å². The SMILES string of the molecule is CCOc1nccc(C(NN)C2CN(C)CCO2)c1F. The number of likely N-dealkylation sites (N-methyl/N-ethyl adjacent to an activating group) is 1. The summed E-state index contributed by atoms with van der Waals surface area (Å²) in [6.45, 7) is 4.28. The van der Waals surface area contributed by atoms with E-state index in [9.17, 15) is 4.39 Å². The Kier molecular flexibility index (Phi) is 5.24. The van der Waals surface area contributed by atoms with Crippen molar-refractivity contribution < 1.29 is 13.9 Å². The third-order valence-electron chi connectivity index (χ3n) is 3.35. The molecule has 2 heterocycles. The molecule has 112 valence electrons. The number of hydrogen-bond acceptors (Lipinski definition) is 6. The molecule has 1 aliphatic heterocycles. The predicted octanol–water partition coefficient (Wildman–Crippen LogP) is 0.454. The lowest BCUT2D eigenvalue weighted by Crippen LogP contribution is -2.48. The standard InChI is InChI=1S/C13H21FN4O2/c1-3-19-13-11(14)9(4-5-16-13)12(17-15)10-8-18(2)6-7-20-10/h4-5,10,12,17H,3,6-8,15H2,1-2H3. The van der Waals surface area contributed by atoms with Gasteiger partial charge in [-0.05, 0) is 20.0 Å². The second-order valence-corrected chi connectivity index (χ2v) is 4.77. The van der Waals surface area contributed by atoms with Crippen molar-refractivity contribution in [2.45, 2.75) is 19.1 Å². The average Bonchev–Trinajstić information content (AvgIpc) is 2.44. The fraction of sp³-hybridized carbons (Fsp3) is 0.615. The highest BCUT2D eigenvalue weighted by molar-refractivity contribution is 5.27. The monoisotopic (exact) mass is 284 g/mol. The van der Waals surface area contributed by atoms with Gasteiger partial charge in [-0.15, -0.1) is 0 Å². The third kappa shape index (κ3) is 3.24. The molecule has 2 rings (SSSR count). The number of hydrogen-bond donors (Lipinski definition) is 2. The lowest BCUT2D eigenvalue weighted by molar-refractivity contribution is -0.0399. The molecule has 1 aromatic heterocycles. The number of nitrogens with one attached hydrogen (secondary N) is 1. The van der Waals surface area contributed by atoms with Crippen LogP contribution in [0.15, 0.2) is 12.3 Å². The topological polar surface area (TPSA) is 72.6 Å². The van der Waals surface area contributed by atoms with Crippen molar-refractivity contribution in [1.82, 2.24) is 15.3 Å². The quantitative estimate of drug-likeness (QED) is 0.604. The van der Waals surface area contributed by atoms with E-state index in [0.29, 0.717) is 25.3 Å². The minimum absolute atomic E-state index is 0.00517. The Balaban J connectivity index is 2.24. The molecule has 7 heteroatoms. The summed E-state index contributed by atoms with van der Waals surface area (Å²) in [6, 6.07) is 1.15. The first kappa shape index (κ1) is 15.1. The normalized spacial score (nSPS) is 21.7. The van der Waals surface area contributed by atoms with Gasteiger partial charge in [0.2, 0.25) is 0 Å². The van der Waals surface area contributed by atoms with Crippen LogP contribution in [-0.4, -0.2) is 49.3 Å². The van der Waals surface area contributed by atoms with Crippen molar-refractivity contribution in [2.24, 2.45) is 5.84 Å². The first-order chi connectivity index (χ1) is 9.67. The Labute approximate surface area is 118 Å². The van der Waals surface area contributed by atoms with E-state index in [1.54, 1.807) is 13.0 Å². The number of ether oxygens (including phenoxy) is 2. The van der Waals surface area contributed by atoms with Crippen LogP contribution >= 0.6 is 0 Å². The first-order valence-electron chi connectivity index (χ1n) is 6.70. The predicted molar refractivity (Wildman–Crippen MR) is 72.7 cm³/mol. The number of rotatable bonds is 5. The molecule has 20 heavy (non-hydrogen) atoms. The highest BCUT2D eigenvalue weighted by Gasteiger charge is 2.30. The van der Waals surface area contributed by atoms with Crippen molar-refractivity contribution in [3.63, 3.8) is 0 Å². The Morgan fingerprint density at radius 3 is 3.15 bits per heavy atom. The molecule has 1 aromatic rings. The van der Waals surface area contributed by atoms with Gasteiger partial charge in [-0.1, -0.05) is 0 Å². The van der Waals surface area contributed by atoms with Gasteiger partial charge in [-0.3, -0.25) is 11.3 Å². The van der Waals surface area contributed by atoms with Gasteiger partial charge < -0.3 is 14.4 Å². The fourth-order valence-electron chi connectivity index (χ4n) is 2.33. The minimum Gasteiger partial charge on any atom is -0.476 e. The largest absolute Gasteiger partial charge is 0.476 e. The molecule has 2 atom stereocenters. The number of nitrogens with zero attached hydrogens (tertiary/aromatic N) is 2. The van der Waals surface area contributed by atoms with Gasteiger partial charge in [0.25, 0.3) is 5.88 Å². The van der Waals surface area contributed by atoms with E-state index in [2.05, 4.69) is 15.3 Å². The summed E-state index contributed by atoms with van der Waals surface area (Å²) in [5, 5.41) is 0. The fourth-order valence-corrected chi connectivity index (χ4v) is 2.33. The minimum atomic E-state index is -0.492. The number of nitrogens with two attached hydrogens (primary N) is 1. The van der Waals surface area contributed by atoms with Crippen LogP contribution in [0.1, 0.15) is 18.5 Å². The van der Waals surface area contributed by atoms with Crippen LogP contribution in [0.3, 0.4) is 0 Å². The van der Waals surface area contributed by atoms with Crippen LogP contribution in [0.5, 0.6) is 5.88 Å². The molecular formula is C13H21FN4O2. The molecule has 1 aliphatic rings. The Hall–Kier alpha value is -1.28. The van der Waals surface area contributed by atoms with Crippen molar-refractivity contribution in [3.8, 4) is 5.88 Å². The van der Waals surface area contributed by atoms with Gasteiger partial charge in [0.1, 0.15) is 0 Å². The maximum Gasteiger partial charge on any atom is 0.250 e. The number of pyridine rings is 1. The van der Waals surface area contributed by atoms with Gasteiger partial charge in [-0.25, -0.2) is 9.37 Å². The Bertz CT molecular complexity index is 446. The van der Waals surface area contributed by atoms with Gasteiger partial charge >= 0.3 is 0 Å². The molecule has 6 nitrogen and oxygen atoms in total. The maximum atomic E-state index is 14.4. The summed E-state index contributed by atoms with van der Waals surface area (Å²) in [4.78, 5) is 6.01. The number of morpholine rings is 1. The van der Waals surface area contributed by atoms with Crippen molar-refractivity contribution in [1.29, 1.82) is 0 Å². The summed E-state index contributed by atoms with van der Waals surface area (Å²) in [5.41, 5.74) is 3.05. The molecule has 0 bridgehead atoms. The lowest BCUT2D eigenvalue weighted by atomic mass is 10.0. The summed E-state index contributed by atoms with van der Waals surface area (Å²) >= 11 is 0. The number of aromatic nitrogens is 1. The molecule has 1 saturated heterocycles. The van der Waals surface area contributed by atoms with Gasteiger partial charge in [0, 0.05) is 24.8 Å². The smallest absolute Gasteiger partial charge is 0.250 e. The molecule has 0 spiro atoms. The number of halogens is 1. The second kappa shape index (κ2) is 6.94. The summed E-state index contributed by atoms with van der Waals surface area (Å²) in [7, 11) is 2.00. The van der Waals surface area contributed by atoms with E-state index in [-0.39, 0.29) is 12.0 Å². The van der Waals surface area contributed by atoms with Crippen LogP contribution < -0.4 is 16.0 Å². The van der Waals surface area contributed by atoms with E-state index >= 15 is 0 Å². The highest BCUT2D eigenvalue weighted by atomic mass is 19.1. The molecule has 3 N–H and O–H groups in total. The van der Waals surface area contributed by atoms with Crippen LogP contribution in [0.2, 0.25) is 0 Å². The van der Waals surface area contributed by atoms with Crippen LogP contribution in [0, 0.1) is 5.82 Å². The van der Waals surface area contributed by atoms with E-state index in [1.165, 1.54) is 6.20 Å². The highest BCUT2D eigenvalue weighted by Crippen LogP contribution is 2.27. The summed E-state index contributed by atoms with van der Waals surface area (Å²) in [6.07, 6.45) is 1.30. The van der Waals surface area contributed by atoms with E-state index in [0.717, 1.165) is 6.54 Å². The van der Waals surface area contributed by atoms with Crippen molar-refractivity contribution in [2.75, 3.05) is 33.4 Å².